The van der Waals surface area contributed by atoms with Gasteiger partial charge in [-0.05, 0) is 35.6 Å². The molecule has 0 saturated carbocycles. The van der Waals surface area contributed by atoms with Crippen molar-refractivity contribution in [3.8, 4) is 0 Å². The molecule has 4 N–H and O–H groups in total. The highest BCUT2D eigenvalue weighted by Crippen LogP contribution is 2.31. The first-order chi connectivity index (χ1) is 14.4. The molecule has 1 saturated heterocycles. The highest BCUT2D eigenvalue weighted by Gasteiger charge is 2.49. The second-order valence-electron chi connectivity index (χ2n) is 8.73. The number of primary amides is 1. The molecule has 5 amide bonds. The fraction of sp³-hybridized carbons (Fsp3) is 0.304. The highest BCUT2D eigenvalue weighted by atomic mass is 16.2. The average Bonchev–Trinajstić information content (AvgIpc) is 2.91. The number of hydrogen-bond donors (Lipinski definition) is 3. The van der Waals surface area contributed by atoms with E-state index in [1.54, 1.807) is 19.1 Å². The van der Waals surface area contributed by atoms with Gasteiger partial charge in [0.2, 0.25) is 5.91 Å². The zero-order valence-corrected chi connectivity index (χ0v) is 18.0. The van der Waals surface area contributed by atoms with Crippen LogP contribution < -0.4 is 16.4 Å². The number of nitrogens with zero attached hydrogens (tertiary/aromatic N) is 1. The van der Waals surface area contributed by atoms with Crippen LogP contribution in [0.25, 0.3) is 0 Å². The molecule has 1 fully saturated rings. The van der Waals surface area contributed by atoms with E-state index in [0.29, 0.717) is 5.56 Å². The standard InChI is InChI=1S/C23H26N4O4/c1-22(2,3)14-9-11-15(12-10-14)23(4)20(30)27(21(31)26-23)13-18(28)25-17-8-6-5-7-16(17)19(24)29/h5-12H,13H2,1-4H3,(H2,24,29)(H,25,28)(H,26,31). The molecule has 1 aliphatic heterocycles. The van der Waals surface area contributed by atoms with Crippen molar-refractivity contribution in [2.24, 2.45) is 5.73 Å². The molecule has 2 aromatic rings. The van der Waals surface area contributed by atoms with Crippen molar-refractivity contribution >= 4 is 29.4 Å². The lowest BCUT2D eigenvalue weighted by atomic mass is 9.84. The van der Waals surface area contributed by atoms with Crippen LogP contribution in [0.4, 0.5) is 10.5 Å². The van der Waals surface area contributed by atoms with Crippen LogP contribution in [0.15, 0.2) is 48.5 Å². The largest absolute Gasteiger partial charge is 0.366 e. The normalized spacial score (nSPS) is 18.6. The van der Waals surface area contributed by atoms with Crippen molar-refractivity contribution in [2.45, 2.75) is 38.6 Å². The summed E-state index contributed by atoms with van der Waals surface area (Å²) in [6.45, 7) is 7.38. The van der Waals surface area contributed by atoms with Crippen molar-refractivity contribution in [3.05, 3.63) is 65.2 Å². The Labute approximate surface area is 180 Å². The lowest BCUT2D eigenvalue weighted by Gasteiger charge is -2.24. The predicted molar refractivity (Wildman–Crippen MR) is 116 cm³/mol. The summed E-state index contributed by atoms with van der Waals surface area (Å²) in [6, 6.07) is 13.1. The number of nitrogens with one attached hydrogen (secondary N) is 2. The van der Waals surface area contributed by atoms with Crippen LogP contribution in [0.2, 0.25) is 0 Å². The lowest BCUT2D eigenvalue weighted by Crippen LogP contribution is -2.42. The summed E-state index contributed by atoms with van der Waals surface area (Å²) in [5.74, 6) is -1.85. The minimum atomic E-state index is -1.28. The Kier molecular flexibility index (Phi) is 5.59. The van der Waals surface area contributed by atoms with E-state index in [0.717, 1.165) is 10.5 Å². The number of carbonyl (C=O) groups excluding carboxylic acids is 4. The van der Waals surface area contributed by atoms with E-state index in [1.807, 2.05) is 24.3 Å². The van der Waals surface area contributed by atoms with Crippen LogP contribution >= 0.6 is 0 Å². The Morgan fingerprint density at radius 1 is 1.06 bits per heavy atom. The van der Waals surface area contributed by atoms with E-state index in [4.69, 9.17) is 5.73 Å². The van der Waals surface area contributed by atoms with Gasteiger partial charge in [0.25, 0.3) is 11.8 Å². The summed E-state index contributed by atoms with van der Waals surface area (Å²) in [4.78, 5) is 50.5. The Bertz CT molecular complexity index is 1060. The van der Waals surface area contributed by atoms with E-state index in [2.05, 4.69) is 31.4 Å². The van der Waals surface area contributed by atoms with Gasteiger partial charge in [-0.15, -0.1) is 0 Å². The molecule has 2 aromatic carbocycles. The molecule has 8 heteroatoms. The zero-order chi connectivity index (χ0) is 23.0. The maximum atomic E-state index is 13.1. The van der Waals surface area contributed by atoms with Gasteiger partial charge in [0.15, 0.2) is 0 Å². The monoisotopic (exact) mass is 422 g/mol. The van der Waals surface area contributed by atoms with Crippen LogP contribution in [0.5, 0.6) is 0 Å². The van der Waals surface area contributed by atoms with E-state index in [1.165, 1.54) is 12.1 Å². The molecule has 0 spiro atoms. The van der Waals surface area contributed by atoms with E-state index < -0.39 is 35.8 Å². The smallest absolute Gasteiger partial charge is 0.325 e. The number of hydrogen-bond acceptors (Lipinski definition) is 4. The quantitative estimate of drug-likeness (QED) is 0.641. The summed E-state index contributed by atoms with van der Waals surface area (Å²) < 4.78 is 0. The van der Waals surface area contributed by atoms with E-state index >= 15 is 0 Å². The molecule has 1 aliphatic rings. The van der Waals surface area contributed by atoms with Crippen LogP contribution in [0.1, 0.15) is 49.2 Å². The summed E-state index contributed by atoms with van der Waals surface area (Å²) in [5.41, 5.74) is 6.06. The van der Waals surface area contributed by atoms with Gasteiger partial charge in [0.05, 0.1) is 11.3 Å². The van der Waals surface area contributed by atoms with Gasteiger partial charge >= 0.3 is 6.03 Å². The number of rotatable bonds is 5. The number of carbonyl (C=O) groups is 4. The molecule has 1 atom stereocenters. The first kappa shape index (κ1) is 22.0. The Morgan fingerprint density at radius 2 is 1.68 bits per heavy atom. The highest BCUT2D eigenvalue weighted by molar-refractivity contribution is 6.11. The molecule has 3 rings (SSSR count). The third-order valence-corrected chi connectivity index (χ3v) is 5.37. The summed E-state index contributed by atoms with van der Waals surface area (Å²) >= 11 is 0. The van der Waals surface area contributed by atoms with Crippen molar-refractivity contribution in [2.75, 3.05) is 11.9 Å². The Balaban J connectivity index is 1.77. The molecule has 0 bridgehead atoms. The molecule has 31 heavy (non-hydrogen) atoms. The number of imide groups is 1. The van der Waals surface area contributed by atoms with Crippen molar-refractivity contribution in [3.63, 3.8) is 0 Å². The molecule has 0 aliphatic carbocycles. The molecule has 162 valence electrons. The van der Waals surface area contributed by atoms with E-state index in [9.17, 15) is 19.2 Å². The predicted octanol–water partition coefficient (Wildman–Crippen LogP) is 2.49. The molecule has 0 radical (unpaired) electrons. The van der Waals surface area contributed by atoms with Gasteiger partial charge in [-0.3, -0.25) is 19.3 Å². The maximum absolute atomic E-state index is 13.1. The van der Waals surface area contributed by atoms with Gasteiger partial charge in [-0.1, -0.05) is 57.2 Å². The number of urea groups is 1. The van der Waals surface area contributed by atoms with E-state index in [-0.39, 0.29) is 16.7 Å². The SMILES string of the molecule is CC(C)(C)c1ccc(C2(C)NC(=O)N(CC(=O)Nc3ccccc3C(N)=O)C2=O)cc1. The first-order valence-electron chi connectivity index (χ1n) is 9.87. The van der Waals surface area contributed by atoms with Gasteiger partial charge in [-0.25, -0.2) is 4.79 Å². The van der Waals surface area contributed by atoms with Gasteiger partial charge in [0.1, 0.15) is 12.1 Å². The fourth-order valence-electron chi connectivity index (χ4n) is 3.48. The van der Waals surface area contributed by atoms with Crippen LogP contribution in [-0.4, -0.2) is 35.2 Å². The summed E-state index contributed by atoms with van der Waals surface area (Å²) in [7, 11) is 0. The zero-order valence-electron chi connectivity index (χ0n) is 18.0. The minimum Gasteiger partial charge on any atom is -0.366 e. The number of benzene rings is 2. The van der Waals surface area contributed by atoms with Crippen molar-refractivity contribution < 1.29 is 19.2 Å². The molecule has 1 heterocycles. The van der Waals surface area contributed by atoms with Crippen molar-refractivity contribution in [1.82, 2.24) is 10.2 Å². The second kappa shape index (κ2) is 7.86. The fourth-order valence-corrected chi connectivity index (χ4v) is 3.48. The molecule has 8 nitrogen and oxygen atoms in total. The third-order valence-electron chi connectivity index (χ3n) is 5.37. The third kappa shape index (κ3) is 4.28. The maximum Gasteiger partial charge on any atom is 0.325 e. The summed E-state index contributed by atoms with van der Waals surface area (Å²) in [6.07, 6.45) is 0. The number of para-hydroxylation sites is 1. The molecular formula is C23H26N4O4. The topological polar surface area (TPSA) is 122 Å². The van der Waals surface area contributed by atoms with Gasteiger partial charge < -0.3 is 16.4 Å². The lowest BCUT2D eigenvalue weighted by molar-refractivity contribution is -0.133. The van der Waals surface area contributed by atoms with Crippen LogP contribution in [-0.2, 0) is 20.5 Å². The van der Waals surface area contributed by atoms with Gasteiger partial charge in [-0.2, -0.15) is 0 Å². The average molecular weight is 422 g/mol. The van der Waals surface area contributed by atoms with Crippen molar-refractivity contribution in [1.29, 1.82) is 0 Å². The molecule has 1 unspecified atom stereocenters. The Morgan fingerprint density at radius 3 is 2.26 bits per heavy atom. The second-order valence-corrected chi connectivity index (χ2v) is 8.73. The minimum absolute atomic E-state index is 0.0479. The number of nitrogens with two attached hydrogens (primary N) is 1. The number of amides is 5. The first-order valence-corrected chi connectivity index (χ1v) is 9.87. The molecule has 0 aromatic heterocycles. The van der Waals surface area contributed by atoms with Crippen LogP contribution in [0, 0.1) is 0 Å². The number of anilines is 1. The Hall–Kier alpha value is -3.68. The van der Waals surface area contributed by atoms with Crippen LogP contribution in [0.3, 0.4) is 0 Å². The molecular weight excluding hydrogens is 396 g/mol. The summed E-state index contributed by atoms with van der Waals surface area (Å²) in [5, 5.41) is 5.22. The van der Waals surface area contributed by atoms with Gasteiger partial charge in [0, 0.05) is 0 Å².